The van der Waals surface area contributed by atoms with Crippen molar-refractivity contribution >= 4 is 17.4 Å². The number of hydrogen-bond acceptors (Lipinski definition) is 6. The van der Waals surface area contributed by atoms with Crippen LogP contribution in [0.4, 0.5) is 0 Å². The molecule has 0 saturated carbocycles. The second-order valence-corrected chi connectivity index (χ2v) is 6.86. The minimum atomic E-state index is -0.750. The molecule has 1 aliphatic rings. The molecule has 7 heteroatoms. The fourth-order valence-corrected chi connectivity index (χ4v) is 3.44. The SMILES string of the molecule is C=CCOc1ccc(/C(O)=C2\C(=O)C(=O)N(CCOCCO)C2c2ccccc2)cc1. The first-order chi connectivity index (χ1) is 15.1. The molecular weight excluding hydrogens is 398 g/mol. The van der Waals surface area contributed by atoms with E-state index in [0.717, 1.165) is 0 Å². The zero-order valence-corrected chi connectivity index (χ0v) is 17.1. The predicted octanol–water partition coefficient (Wildman–Crippen LogP) is 2.68. The van der Waals surface area contributed by atoms with Crippen LogP contribution in [0.2, 0.25) is 0 Å². The highest BCUT2D eigenvalue weighted by Crippen LogP contribution is 2.39. The maximum absolute atomic E-state index is 12.9. The molecule has 1 saturated heterocycles. The van der Waals surface area contributed by atoms with Crippen LogP contribution in [0.25, 0.3) is 5.76 Å². The third-order valence-electron chi connectivity index (χ3n) is 4.86. The topological polar surface area (TPSA) is 96.3 Å². The van der Waals surface area contributed by atoms with E-state index in [1.807, 2.05) is 18.2 Å². The molecule has 2 N–H and O–H groups in total. The van der Waals surface area contributed by atoms with Gasteiger partial charge in [0.2, 0.25) is 0 Å². The Bertz CT molecular complexity index is 952. The largest absolute Gasteiger partial charge is 0.507 e. The van der Waals surface area contributed by atoms with Gasteiger partial charge in [0, 0.05) is 12.1 Å². The summed E-state index contributed by atoms with van der Waals surface area (Å²) >= 11 is 0. The van der Waals surface area contributed by atoms with Gasteiger partial charge in [0.25, 0.3) is 11.7 Å². The van der Waals surface area contributed by atoms with E-state index in [0.29, 0.717) is 23.5 Å². The summed E-state index contributed by atoms with van der Waals surface area (Å²) in [6, 6.07) is 14.9. The molecule has 3 rings (SSSR count). The van der Waals surface area contributed by atoms with Crippen LogP contribution >= 0.6 is 0 Å². The number of Topliss-reactive ketones (excluding diaryl/α,β-unsaturated/α-hetero) is 1. The standard InChI is InChI=1S/C24H25NO6/c1-2-14-31-19-10-8-18(9-11-19)22(27)20-21(17-6-4-3-5-7-17)25(24(29)23(20)28)12-15-30-16-13-26/h2-11,21,26-27H,1,12-16H2/b22-20+. The molecule has 1 heterocycles. The van der Waals surface area contributed by atoms with E-state index in [2.05, 4.69) is 6.58 Å². The lowest BCUT2D eigenvalue weighted by atomic mass is 9.95. The molecule has 31 heavy (non-hydrogen) atoms. The van der Waals surface area contributed by atoms with Gasteiger partial charge in [-0.15, -0.1) is 0 Å². The van der Waals surface area contributed by atoms with Gasteiger partial charge in [0.15, 0.2) is 0 Å². The predicted molar refractivity (Wildman–Crippen MR) is 115 cm³/mol. The molecule has 2 aromatic rings. The molecular formula is C24H25NO6. The summed E-state index contributed by atoms with van der Waals surface area (Å²) in [4.78, 5) is 27.0. The highest BCUT2D eigenvalue weighted by Gasteiger charge is 2.45. The molecule has 1 atom stereocenters. The van der Waals surface area contributed by atoms with E-state index in [1.54, 1.807) is 42.5 Å². The fourth-order valence-electron chi connectivity index (χ4n) is 3.44. The lowest BCUT2D eigenvalue weighted by molar-refractivity contribution is -0.140. The normalized spacial score (nSPS) is 17.7. The maximum Gasteiger partial charge on any atom is 0.295 e. The van der Waals surface area contributed by atoms with Crippen molar-refractivity contribution in [3.05, 3.63) is 84.0 Å². The summed E-state index contributed by atoms with van der Waals surface area (Å²) in [5.74, 6) is -1.10. The van der Waals surface area contributed by atoms with Crippen LogP contribution in [0, 0.1) is 0 Å². The van der Waals surface area contributed by atoms with E-state index in [-0.39, 0.29) is 37.7 Å². The first-order valence-corrected chi connectivity index (χ1v) is 9.94. The lowest BCUT2D eigenvalue weighted by Crippen LogP contribution is -2.33. The van der Waals surface area contributed by atoms with Crippen molar-refractivity contribution in [3.8, 4) is 5.75 Å². The molecule has 162 valence electrons. The van der Waals surface area contributed by atoms with Gasteiger partial charge < -0.3 is 24.6 Å². The van der Waals surface area contributed by atoms with Crippen molar-refractivity contribution in [2.75, 3.05) is 33.0 Å². The third kappa shape index (κ3) is 5.02. The first-order valence-electron chi connectivity index (χ1n) is 9.94. The van der Waals surface area contributed by atoms with E-state index in [4.69, 9.17) is 14.6 Å². The molecule has 0 aromatic heterocycles. The van der Waals surface area contributed by atoms with Crippen molar-refractivity contribution < 1.29 is 29.3 Å². The van der Waals surface area contributed by atoms with Crippen LogP contribution in [-0.2, 0) is 14.3 Å². The van der Waals surface area contributed by atoms with Crippen molar-refractivity contribution in [2.24, 2.45) is 0 Å². The number of nitrogens with zero attached hydrogens (tertiary/aromatic N) is 1. The Morgan fingerprint density at radius 2 is 1.77 bits per heavy atom. The number of aliphatic hydroxyl groups excluding tert-OH is 2. The lowest BCUT2D eigenvalue weighted by Gasteiger charge is -2.25. The molecule has 0 spiro atoms. The van der Waals surface area contributed by atoms with E-state index < -0.39 is 17.7 Å². The zero-order valence-electron chi connectivity index (χ0n) is 17.1. The number of likely N-dealkylation sites (tertiary alicyclic amines) is 1. The van der Waals surface area contributed by atoms with Crippen molar-refractivity contribution in [3.63, 3.8) is 0 Å². The average Bonchev–Trinajstić information content (AvgIpc) is 3.06. The van der Waals surface area contributed by atoms with Gasteiger partial charge in [-0.05, 0) is 29.8 Å². The number of ketones is 1. The Morgan fingerprint density at radius 3 is 2.42 bits per heavy atom. The van der Waals surface area contributed by atoms with Crippen LogP contribution < -0.4 is 4.74 Å². The van der Waals surface area contributed by atoms with E-state index >= 15 is 0 Å². The number of benzene rings is 2. The van der Waals surface area contributed by atoms with Crippen LogP contribution in [-0.4, -0.2) is 59.8 Å². The molecule has 2 aromatic carbocycles. The number of carbonyl (C=O) groups is 2. The molecule has 1 aliphatic heterocycles. The number of aliphatic hydroxyl groups is 2. The van der Waals surface area contributed by atoms with Crippen molar-refractivity contribution in [2.45, 2.75) is 6.04 Å². The summed E-state index contributed by atoms with van der Waals surface area (Å²) in [5, 5.41) is 19.9. The molecule has 0 radical (unpaired) electrons. The quantitative estimate of drug-likeness (QED) is 0.201. The number of amides is 1. The first kappa shape index (κ1) is 22.3. The summed E-state index contributed by atoms with van der Waals surface area (Å²) in [6.45, 7) is 4.26. The Hall–Kier alpha value is -3.42. The molecule has 0 bridgehead atoms. The van der Waals surface area contributed by atoms with Crippen molar-refractivity contribution in [1.29, 1.82) is 0 Å². The third-order valence-corrected chi connectivity index (χ3v) is 4.86. The smallest absolute Gasteiger partial charge is 0.295 e. The molecule has 0 aliphatic carbocycles. The van der Waals surface area contributed by atoms with Crippen LogP contribution in [0.5, 0.6) is 5.75 Å². The molecule has 1 amide bonds. The summed E-state index contributed by atoms with van der Waals surface area (Å²) < 4.78 is 10.7. The number of carbonyl (C=O) groups excluding carboxylic acids is 2. The average molecular weight is 423 g/mol. The minimum Gasteiger partial charge on any atom is -0.507 e. The van der Waals surface area contributed by atoms with Crippen molar-refractivity contribution in [1.82, 2.24) is 4.90 Å². The summed E-state index contributed by atoms with van der Waals surface area (Å²) in [7, 11) is 0. The Balaban J connectivity index is 1.98. The van der Waals surface area contributed by atoms with Gasteiger partial charge in [-0.2, -0.15) is 0 Å². The highest BCUT2D eigenvalue weighted by molar-refractivity contribution is 6.46. The van der Waals surface area contributed by atoms with Gasteiger partial charge in [-0.25, -0.2) is 0 Å². The molecule has 7 nitrogen and oxygen atoms in total. The molecule has 1 fully saturated rings. The van der Waals surface area contributed by atoms with Crippen LogP contribution in [0.1, 0.15) is 17.2 Å². The zero-order chi connectivity index (χ0) is 22.2. The van der Waals surface area contributed by atoms with E-state index in [1.165, 1.54) is 4.90 Å². The summed E-state index contributed by atoms with van der Waals surface area (Å²) in [5.41, 5.74) is 1.14. The van der Waals surface area contributed by atoms with Crippen LogP contribution in [0.15, 0.2) is 72.8 Å². The van der Waals surface area contributed by atoms with Gasteiger partial charge in [-0.1, -0.05) is 43.0 Å². The van der Waals surface area contributed by atoms with Gasteiger partial charge in [0.05, 0.1) is 31.4 Å². The summed E-state index contributed by atoms with van der Waals surface area (Å²) in [6.07, 6.45) is 1.62. The number of ether oxygens (including phenoxy) is 2. The maximum atomic E-state index is 12.9. The monoisotopic (exact) mass is 423 g/mol. The van der Waals surface area contributed by atoms with Crippen LogP contribution in [0.3, 0.4) is 0 Å². The minimum absolute atomic E-state index is 0.0260. The highest BCUT2D eigenvalue weighted by atomic mass is 16.5. The second kappa shape index (κ2) is 10.6. The number of hydrogen-bond donors (Lipinski definition) is 2. The Labute approximate surface area is 180 Å². The van der Waals surface area contributed by atoms with E-state index in [9.17, 15) is 14.7 Å². The second-order valence-electron chi connectivity index (χ2n) is 6.86. The van der Waals surface area contributed by atoms with Gasteiger partial charge in [0.1, 0.15) is 18.1 Å². The molecule has 1 unspecified atom stereocenters. The Morgan fingerprint density at radius 1 is 1.06 bits per heavy atom. The van der Waals surface area contributed by atoms with Gasteiger partial charge in [-0.3, -0.25) is 9.59 Å². The number of rotatable bonds is 10. The Kier molecular flexibility index (Phi) is 7.59. The van der Waals surface area contributed by atoms with Gasteiger partial charge >= 0.3 is 0 Å². The fraction of sp³-hybridized carbons (Fsp3) is 0.250.